The molecule has 2 amide bonds. The molecule has 7 heteroatoms. The quantitative estimate of drug-likeness (QED) is 0.359. The molecule has 1 unspecified atom stereocenters. The molecule has 0 spiro atoms. The number of hydrogen-bond donors (Lipinski definition) is 1. The van der Waals surface area contributed by atoms with Gasteiger partial charge in [0.15, 0.2) is 5.11 Å². The van der Waals surface area contributed by atoms with Gasteiger partial charge in [-0.15, -0.1) is 0 Å². The first kappa shape index (κ1) is 24.9. The maximum atomic E-state index is 13.6. The van der Waals surface area contributed by atoms with Gasteiger partial charge in [0.2, 0.25) is 0 Å². The summed E-state index contributed by atoms with van der Waals surface area (Å²) in [4.78, 5) is 30.3. The number of nitrogens with one attached hydrogen (secondary N) is 1. The molecule has 0 aromatic heterocycles. The number of hydrogen-bond acceptors (Lipinski definition) is 5. The van der Waals surface area contributed by atoms with Crippen LogP contribution in [0.2, 0.25) is 0 Å². The fraction of sp³-hybridized carbons (Fsp3) is 0.393. The van der Waals surface area contributed by atoms with Crippen LogP contribution in [-0.4, -0.2) is 36.1 Å². The van der Waals surface area contributed by atoms with Gasteiger partial charge < -0.3 is 9.64 Å². The minimum Gasteiger partial charge on any atom is -0.496 e. The summed E-state index contributed by atoms with van der Waals surface area (Å²) in [5.74, 6) is -0.0209. The first-order valence-corrected chi connectivity index (χ1v) is 12.4. The van der Waals surface area contributed by atoms with Crippen molar-refractivity contribution in [3.63, 3.8) is 0 Å². The first-order valence-electron chi connectivity index (χ1n) is 12.0. The number of amides is 2. The number of carbonyl (C=O) groups excluding carboxylic acids is 2. The Kier molecular flexibility index (Phi) is 6.49. The van der Waals surface area contributed by atoms with Gasteiger partial charge in [-0.05, 0) is 88.5 Å². The Morgan fingerprint density at radius 1 is 1.17 bits per heavy atom. The van der Waals surface area contributed by atoms with E-state index in [0.717, 1.165) is 29.8 Å². The SMILES string of the molecule is CCN1c2cc(OC)c(/C=C3/C(=O)NC(=S)N(c4ccc(C)cc4C)C3=O)cc2C(C)CC1(C)C. The Morgan fingerprint density at radius 3 is 2.51 bits per heavy atom. The molecule has 1 atom stereocenters. The van der Waals surface area contributed by atoms with Crippen LogP contribution >= 0.6 is 12.2 Å². The molecule has 1 fully saturated rings. The van der Waals surface area contributed by atoms with E-state index in [1.807, 2.05) is 38.1 Å². The number of benzene rings is 2. The van der Waals surface area contributed by atoms with Gasteiger partial charge in [-0.3, -0.25) is 19.8 Å². The minimum absolute atomic E-state index is 0.0213. The largest absolute Gasteiger partial charge is 0.496 e. The van der Waals surface area contributed by atoms with Gasteiger partial charge in [0, 0.05) is 29.4 Å². The van der Waals surface area contributed by atoms with Crippen molar-refractivity contribution < 1.29 is 14.3 Å². The molecule has 2 aliphatic heterocycles. The van der Waals surface area contributed by atoms with Crippen LogP contribution in [0.1, 0.15) is 62.3 Å². The number of carbonyl (C=O) groups is 2. The molecule has 0 bridgehead atoms. The van der Waals surface area contributed by atoms with Gasteiger partial charge in [-0.1, -0.05) is 24.6 Å². The summed E-state index contributed by atoms with van der Waals surface area (Å²) in [5, 5.41) is 2.77. The molecule has 0 radical (unpaired) electrons. The maximum absolute atomic E-state index is 13.6. The van der Waals surface area contributed by atoms with Crippen molar-refractivity contribution in [1.29, 1.82) is 0 Å². The lowest BCUT2D eigenvalue weighted by Gasteiger charge is -2.47. The van der Waals surface area contributed by atoms with Crippen molar-refractivity contribution in [2.75, 3.05) is 23.5 Å². The second-order valence-corrected chi connectivity index (χ2v) is 10.4. The topological polar surface area (TPSA) is 61.9 Å². The second kappa shape index (κ2) is 9.11. The van der Waals surface area contributed by atoms with E-state index in [9.17, 15) is 9.59 Å². The lowest BCUT2D eigenvalue weighted by Crippen LogP contribution is -2.54. The monoisotopic (exact) mass is 491 g/mol. The average Bonchev–Trinajstić information content (AvgIpc) is 2.77. The van der Waals surface area contributed by atoms with E-state index in [1.54, 1.807) is 13.2 Å². The highest BCUT2D eigenvalue weighted by Gasteiger charge is 2.38. The summed E-state index contributed by atoms with van der Waals surface area (Å²) in [7, 11) is 1.61. The van der Waals surface area contributed by atoms with E-state index >= 15 is 0 Å². The van der Waals surface area contributed by atoms with Crippen molar-refractivity contribution >= 4 is 46.6 Å². The number of nitrogens with zero attached hydrogens (tertiary/aromatic N) is 2. The number of methoxy groups -OCH3 is 1. The summed E-state index contributed by atoms with van der Waals surface area (Å²) >= 11 is 5.38. The van der Waals surface area contributed by atoms with Crippen LogP contribution in [0.5, 0.6) is 5.75 Å². The lowest BCUT2D eigenvalue weighted by molar-refractivity contribution is -0.122. The highest BCUT2D eigenvalue weighted by molar-refractivity contribution is 7.80. The Hall–Kier alpha value is -3.19. The van der Waals surface area contributed by atoms with Gasteiger partial charge in [0.25, 0.3) is 11.8 Å². The summed E-state index contributed by atoms with van der Waals surface area (Å²) in [6, 6.07) is 9.85. The first-order chi connectivity index (χ1) is 16.5. The molecular weight excluding hydrogens is 458 g/mol. The van der Waals surface area contributed by atoms with E-state index in [-0.39, 0.29) is 16.2 Å². The molecule has 2 heterocycles. The predicted molar refractivity (Wildman–Crippen MR) is 145 cm³/mol. The van der Waals surface area contributed by atoms with Gasteiger partial charge in [-0.2, -0.15) is 0 Å². The van der Waals surface area contributed by atoms with E-state index in [2.05, 4.69) is 44.0 Å². The predicted octanol–water partition coefficient (Wildman–Crippen LogP) is 5.26. The van der Waals surface area contributed by atoms with Crippen LogP contribution in [0.4, 0.5) is 11.4 Å². The van der Waals surface area contributed by atoms with Gasteiger partial charge in [-0.25, -0.2) is 0 Å². The third kappa shape index (κ3) is 4.33. The van der Waals surface area contributed by atoms with Crippen molar-refractivity contribution in [1.82, 2.24) is 5.32 Å². The molecule has 0 saturated carbocycles. The fourth-order valence-corrected chi connectivity index (χ4v) is 5.78. The highest BCUT2D eigenvalue weighted by atomic mass is 32.1. The summed E-state index contributed by atoms with van der Waals surface area (Å²) in [5.41, 5.74) is 5.69. The Labute approximate surface area is 212 Å². The molecule has 35 heavy (non-hydrogen) atoms. The maximum Gasteiger partial charge on any atom is 0.270 e. The minimum atomic E-state index is -0.509. The number of thiocarbonyl (C=S) groups is 1. The standard InChI is InChI=1S/C28H33N3O3S/c1-8-30-23-14-24(34-7)19(12-20(23)18(4)15-28(30,5)6)13-21-25(32)29-27(35)31(26(21)33)22-10-9-16(2)11-17(22)3/h9-14,18H,8,15H2,1-7H3,(H,29,32,35)/b21-13-. The molecule has 2 aromatic carbocycles. The third-order valence-corrected chi connectivity index (χ3v) is 7.33. The molecule has 2 aromatic rings. The molecule has 1 N–H and O–H groups in total. The Bertz CT molecular complexity index is 1260. The molecule has 184 valence electrons. The zero-order valence-electron chi connectivity index (χ0n) is 21.5. The number of ether oxygens (including phenoxy) is 1. The summed E-state index contributed by atoms with van der Waals surface area (Å²) in [6.45, 7) is 13.7. The van der Waals surface area contributed by atoms with Crippen LogP contribution in [-0.2, 0) is 9.59 Å². The second-order valence-electron chi connectivity index (χ2n) is 10.1. The fourth-order valence-electron chi connectivity index (χ4n) is 5.50. The van der Waals surface area contributed by atoms with Crippen molar-refractivity contribution in [2.24, 2.45) is 0 Å². The molecule has 4 rings (SSSR count). The smallest absolute Gasteiger partial charge is 0.270 e. The van der Waals surface area contributed by atoms with Gasteiger partial charge in [0.1, 0.15) is 11.3 Å². The molecule has 1 saturated heterocycles. The number of fused-ring (bicyclic) bond motifs is 1. The van der Waals surface area contributed by atoms with Gasteiger partial charge >= 0.3 is 0 Å². The molecular formula is C28H33N3O3S. The summed E-state index contributed by atoms with van der Waals surface area (Å²) in [6.07, 6.45) is 2.63. The van der Waals surface area contributed by atoms with Crippen LogP contribution < -0.4 is 19.9 Å². The normalized spacial score (nSPS) is 20.7. The zero-order chi connectivity index (χ0) is 25.7. The average molecular weight is 492 g/mol. The Balaban J connectivity index is 1.82. The van der Waals surface area contributed by atoms with E-state index in [0.29, 0.717) is 22.9 Å². The van der Waals surface area contributed by atoms with Gasteiger partial charge in [0.05, 0.1) is 12.8 Å². The van der Waals surface area contributed by atoms with Crippen molar-refractivity contribution in [3.05, 3.63) is 58.2 Å². The number of rotatable bonds is 4. The van der Waals surface area contributed by atoms with Crippen molar-refractivity contribution in [2.45, 2.75) is 59.4 Å². The molecule has 0 aliphatic carbocycles. The number of aryl methyl sites for hydroxylation is 2. The van der Waals surface area contributed by atoms with Crippen LogP contribution in [0.25, 0.3) is 6.08 Å². The third-order valence-electron chi connectivity index (χ3n) is 7.05. The van der Waals surface area contributed by atoms with Crippen LogP contribution in [0.3, 0.4) is 0 Å². The van der Waals surface area contributed by atoms with Crippen molar-refractivity contribution in [3.8, 4) is 5.75 Å². The molecule has 2 aliphatic rings. The lowest BCUT2D eigenvalue weighted by atomic mass is 9.79. The number of anilines is 2. The summed E-state index contributed by atoms with van der Waals surface area (Å²) < 4.78 is 5.73. The van der Waals surface area contributed by atoms with Crippen LogP contribution in [0, 0.1) is 13.8 Å². The molecule has 6 nitrogen and oxygen atoms in total. The van der Waals surface area contributed by atoms with E-state index < -0.39 is 11.8 Å². The van der Waals surface area contributed by atoms with E-state index in [1.165, 1.54) is 10.5 Å². The zero-order valence-corrected chi connectivity index (χ0v) is 22.3. The highest BCUT2D eigenvalue weighted by Crippen LogP contribution is 2.46. The van der Waals surface area contributed by atoms with E-state index in [4.69, 9.17) is 17.0 Å². The van der Waals surface area contributed by atoms with Crippen LogP contribution in [0.15, 0.2) is 35.9 Å². The Morgan fingerprint density at radius 2 is 1.89 bits per heavy atom.